The Kier molecular flexibility index (Phi) is 6.46. The smallest absolute Gasteiger partial charge is 0.0426 e. The fourth-order valence-corrected chi connectivity index (χ4v) is 1.03. The van der Waals surface area contributed by atoms with Crippen LogP contribution in [0.25, 0.3) is 0 Å². The summed E-state index contributed by atoms with van der Waals surface area (Å²) in [4.78, 5) is 0. The van der Waals surface area contributed by atoms with Crippen molar-refractivity contribution in [1.82, 2.24) is 0 Å². The molecule has 0 saturated carbocycles. The van der Waals surface area contributed by atoms with Crippen LogP contribution in [0, 0.1) is 12.3 Å². The molecule has 1 aromatic carbocycles. The molecule has 1 aromatic rings. The molecular weight excluding hydrogens is 172 g/mol. The minimum atomic E-state index is 0.938. The molecule has 0 bridgehead atoms. The first-order valence-electron chi connectivity index (χ1n) is 4.98. The highest BCUT2D eigenvalue weighted by molar-refractivity contribution is 5.85. The van der Waals surface area contributed by atoms with E-state index in [4.69, 9.17) is 5.41 Å². The maximum Gasteiger partial charge on any atom is 0.0426 e. The first kappa shape index (κ1) is 12.7. The number of aryl methyl sites for hydroxylation is 1. The Bertz CT molecular complexity index is 280. The summed E-state index contributed by atoms with van der Waals surface area (Å²) in [5, 5.41) is 10.1. The topological polar surface area (TPSA) is 35.9 Å². The largest absolute Gasteiger partial charge is 0.388 e. The van der Waals surface area contributed by atoms with Crippen molar-refractivity contribution >= 4 is 11.9 Å². The standard InChI is InChI=1S/C9H12N2.C3H8/c1-7-3-4-9(11-2)8(5-7)6-10;1-3-2/h3-6,10-11H,1-2H3;3H2,1-2H3. The van der Waals surface area contributed by atoms with Gasteiger partial charge in [0.05, 0.1) is 0 Å². The van der Waals surface area contributed by atoms with Crippen molar-refractivity contribution in [1.29, 1.82) is 5.41 Å². The highest BCUT2D eigenvalue weighted by Gasteiger charge is 1.95. The molecule has 1 rings (SSSR count). The molecule has 0 aliphatic rings. The summed E-state index contributed by atoms with van der Waals surface area (Å²) in [5.41, 5.74) is 3.13. The van der Waals surface area contributed by atoms with Crippen LogP contribution < -0.4 is 5.32 Å². The number of anilines is 1. The van der Waals surface area contributed by atoms with Crippen LogP contribution in [0.4, 0.5) is 5.69 Å². The molecular formula is C12H20N2. The summed E-state index contributed by atoms with van der Waals surface area (Å²) in [6.07, 6.45) is 2.61. The van der Waals surface area contributed by atoms with Gasteiger partial charge >= 0.3 is 0 Å². The Morgan fingerprint density at radius 2 is 1.93 bits per heavy atom. The van der Waals surface area contributed by atoms with E-state index in [1.165, 1.54) is 18.2 Å². The SMILES string of the molecule is CCC.CNc1ccc(C)cc1C=N. The number of benzene rings is 1. The van der Waals surface area contributed by atoms with Gasteiger partial charge in [0, 0.05) is 24.5 Å². The summed E-state index contributed by atoms with van der Waals surface area (Å²) in [6, 6.07) is 5.99. The quantitative estimate of drug-likeness (QED) is 0.692. The van der Waals surface area contributed by atoms with E-state index in [2.05, 4.69) is 19.2 Å². The Morgan fingerprint density at radius 3 is 2.36 bits per heavy atom. The first-order valence-corrected chi connectivity index (χ1v) is 4.98. The van der Waals surface area contributed by atoms with Gasteiger partial charge in [-0.05, 0) is 19.1 Å². The van der Waals surface area contributed by atoms with E-state index in [9.17, 15) is 0 Å². The van der Waals surface area contributed by atoms with Gasteiger partial charge in [0.2, 0.25) is 0 Å². The molecule has 2 N–H and O–H groups in total. The summed E-state index contributed by atoms with van der Waals surface area (Å²) in [6.45, 7) is 6.27. The van der Waals surface area contributed by atoms with E-state index in [0.717, 1.165) is 11.3 Å². The highest BCUT2D eigenvalue weighted by Crippen LogP contribution is 2.13. The fourth-order valence-electron chi connectivity index (χ4n) is 1.03. The van der Waals surface area contributed by atoms with E-state index in [-0.39, 0.29) is 0 Å². The summed E-state index contributed by atoms with van der Waals surface area (Å²) in [7, 11) is 1.86. The first-order chi connectivity index (χ1) is 6.69. The van der Waals surface area contributed by atoms with Crippen molar-refractivity contribution in [2.75, 3.05) is 12.4 Å². The highest BCUT2D eigenvalue weighted by atomic mass is 14.8. The third-order valence-corrected chi connectivity index (χ3v) is 1.63. The zero-order valence-corrected chi connectivity index (χ0v) is 9.52. The van der Waals surface area contributed by atoms with Gasteiger partial charge in [-0.15, -0.1) is 0 Å². The van der Waals surface area contributed by atoms with Crippen LogP contribution in [0.3, 0.4) is 0 Å². The molecule has 0 aliphatic heterocycles. The molecule has 2 nitrogen and oxygen atoms in total. The average molecular weight is 192 g/mol. The number of hydrogen-bond acceptors (Lipinski definition) is 2. The summed E-state index contributed by atoms with van der Waals surface area (Å²) < 4.78 is 0. The second-order valence-electron chi connectivity index (χ2n) is 3.19. The molecule has 0 spiro atoms. The van der Waals surface area contributed by atoms with Crippen LogP contribution in [0.15, 0.2) is 18.2 Å². The van der Waals surface area contributed by atoms with Gasteiger partial charge in [-0.25, -0.2) is 0 Å². The second kappa shape index (κ2) is 7.13. The lowest BCUT2D eigenvalue weighted by atomic mass is 10.1. The monoisotopic (exact) mass is 192 g/mol. The third kappa shape index (κ3) is 4.08. The lowest BCUT2D eigenvalue weighted by molar-refractivity contribution is 1.09. The Labute approximate surface area is 86.9 Å². The predicted molar refractivity (Wildman–Crippen MR) is 64.6 cm³/mol. The van der Waals surface area contributed by atoms with Crippen LogP contribution >= 0.6 is 0 Å². The van der Waals surface area contributed by atoms with Gasteiger partial charge in [-0.1, -0.05) is 31.9 Å². The van der Waals surface area contributed by atoms with Crippen LogP contribution in [-0.2, 0) is 0 Å². The van der Waals surface area contributed by atoms with Crippen molar-refractivity contribution in [2.24, 2.45) is 0 Å². The van der Waals surface area contributed by atoms with E-state index in [1.807, 2.05) is 32.2 Å². The molecule has 0 atom stereocenters. The lowest BCUT2D eigenvalue weighted by Gasteiger charge is -2.04. The van der Waals surface area contributed by atoms with Crippen LogP contribution in [-0.4, -0.2) is 13.3 Å². The Morgan fingerprint density at radius 1 is 1.36 bits per heavy atom. The van der Waals surface area contributed by atoms with Crippen molar-refractivity contribution < 1.29 is 0 Å². The average Bonchev–Trinajstić information content (AvgIpc) is 2.19. The zero-order chi connectivity index (χ0) is 11.0. The van der Waals surface area contributed by atoms with Crippen LogP contribution in [0.1, 0.15) is 31.4 Å². The van der Waals surface area contributed by atoms with Crippen molar-refractivity contribution in [3.8, 4) is 0 Å². The molecule has 0 unspecified atom stereocenters. The Balaban J connectivity index is 0.000000500. The maximum absolute atomic E-state index is 7.12. The molecule has 0 heterocycles. The lowest BCUT2D eigenvalue weighted by Crippen LogP contribution is -1.94. The number of hydrogen-bond donors (Lipinski definition) is 2. The van der Waals surface area contributed by atoms with Crippen molar-refractivity contribution in [2.45, 2.75) is 27.2 Å². The molecule has 2 heteroatoms. The van der Waals surface area contributed by atoms with Gasteiger partial charge in [-0.2, -0.15) is 0 Å². The molecule has 0 amide bonds. The fraction of sp³-hybridized carbons (Fsp3) is 0.417. The van der Waals surface area contributed by atoms with Crippen LogP contribution in [0.5, 0.6) is 0 Å². The van der Waals surface area contributed by atoms with Gasteiger partial charge in [0.1, 0.15) is 0 Å². The van der Waals surface area contributed by atoms with E-state index in [1.54, 1.807) is 0 Å². The van der Waals surface area contributed by atoms with Gasteiger partial charge in [-0.3, -0.25) is 0 Å². The molecule has 0 radical (unpaired) electrons. The maximum atomic E-state index is 7.12. The van der Waals surface area contributed by atoms with E-state index < -0.39 is 0 Å². The minimum absolute atomic E-state index is 0.938. The van der Waals surface area contributed by atoms with Gasteiger partial charge < -0.3 is 10.7 Å². The summed E-state index contributed by atoms with van der Waals surface area (Å²) >= 11 is 0. The molecule has 78 valence electrons. The summed E-state index contributed by atoms with van der Waals surface area (Å²) in [5.74, 6) is 0. The third-order valence-electron chi connectivity index (χ3n) is 1.63. The van der Waals surface area contributed by atoms with Gasteiger partial charge in [0.15, 0.2) is 0 Å². The molecule has 0 aromatic heterocycles. The Hall–Kier alpha value is -1.31. The van der Waals surface area contributed by atoms with Gasteiger partial charge in [0.25, 0.3) is 0 Å². The number of nitrogens with one attached hydrogen (secondary N) is 2. The molecule has 14 heavy (non-hydrogen) atoms. The normalized spacial score (nSPS) is 8.57. The predicted octanol–water partition coefficient (Wildman–Crippen LogP) is 3.45. The van der Waals surface area contributed by atoms with Crippen molar-refractivity contribution in [3.63, 3.8) is 0 Å². The number of rotatable bonds is 2. The minimum Gasteiger partial charge on any atom is -0.388 e. The zero-order valence-electron chi connectivity index (χ0n) is 9.52. The van der Waals surface area contributed by atoms with Crippen LogP contribution in [0.2, 0.25) is 0 Å². The second-order valence-corrected chi connectivity index (χ2v) is 3.19. The molecule has 0 aliphatic carbocycles. The molecule has 0 saturated heterocycles. The van der Waals surface area contributed by atoms with Crippen molar-refractivity contribution in [3.05, 3.63) is 29.3 Å². The van der Waals surface area contributed by atoms with E-state index >= 15 is 0 Å². The molecule has 0 fully saturated rings. The van der Waals surface area contributed by atoms with E-state index in [0.29, 0.717) is 0 Å².